The zero-order valence-corrected chi connectivity index (χ0v) is 13.7. The van der Waals surface area contributed by atoms with Gasteiger partial charge in [0.1, 0.15) is 35.5 Å². The van der Waals surface area contributed by atoms with Crippen molar-refractivity contribution in [3.8, 4) is 0 Å². The molecule has 2 heterocycles. The topological polar surface area (TPSA) is 43.2 Å². The third-order valence-electron chi connectivity index (χ3n) is 3.56. The van der Waals surface area contributed by atoms with Gasteiger partial charge in [-0.2, -0.15) is 18.3 Å². The van der Waals surface area contributed by atoms with E-state index in [1.807, 2.05) is 0 Å². The van der Waals surface area contributed by atoms with Crippen LogP contribution in [0, 0.1) is 17.5 Å². The smallest absolute Gasteiger partial charge is 0.337 e. The first-order valence-electron chi connectivity index (χ1n) is 7.06. The summed E-state index contributed by atoms with van der Waals surface area (Å²) in [6, 6.07) is 0.783. The Labute approximate surface area is 148 Å². The average molecular weight is 398 g/mol. The number of nitrogens with zero attached hydrogens (tertiary/aromatic N) is 4. The zero-order valence-electron chi connectivity index (χ0n) is 13.0. The molecule has 140 valence electrons. The minimum atomic E-state index is -4.67. The molecule has 2 aliphatic heterocycles. The van der Waals surface area contributed by atoms with E-state index in [1.165, 1.54) is 11.2 Å². The number of aliphatic imine (C=N–C) groups is 1. The van der Waals surface area contributed by atoms with E-state index in [9.17, 15) is 26.3 Å². The Balaban J connectivity index is 2.18. The van der Waals surface area contributed by atoms with E-state index >= 15 is 0 Å². The number of nitrogens with one attached hydrogen (secondary N) is 1. The van der Waals surface area contributed by atoms with Crippen LogP contribution in [-0.2, 0) is 0 Å². The van der Waals surface area contributed by atoms with Crippen LogP contribution in [0.25, 0.3) is 5.57 Å². The number of rotatable bonds is 2. The molecule has 1 atom stereocenters. The predicted molar refractivity (Wildman–Crippen MR) is 82.5 cm³/mol. The highest BCUT2D eigenvalue weighted by Crippen LogP contribution is 2.34. The molecular weight excluding hydrogens is 388 g/mol. The summed E-state index contributed by atoms with van der Waals surface area (Å²) in [6.07, 6.45) is -4.23. The van der Waals surface area contributed by atoms with Gasteiger partial charge in [0, 0.05) is 19.2 Å². The van der Waals surface area contributed by atoms with E-state index in [0.29, 0.717) is 12.1 Å². The Kier molecular flexibility index (Phi) is 4.51. The Hall–Kier alpha value is -2.43. The predicted octanol–water partition coefficient (Wildman–Crippen LogP) is 3.05. The highest BCUT2D eigenvalue weighted by atomic mass is 35.5. The Morgan fingerprint density at radius 3 is 2.42 bits per heavy atom. The lowest BCUT2D eigenvalue weighted by Crippen LogP contribution is -2.53. The van der Waals surface area contributed by atoms with Crippen molar-refractivity contribution in [2.24, 2.45) is 10.1 Å². The van der Waals surface area contributed by atoms with Crippen LogP contribution in [0.15, 0.2) is 27.4 Å². The van der Waals surface area contributed by atoms with Gasteiger partial charge in [-0.25, -0.2) is 18.2 Å². The summed E-state index contributed by atoms with van der Waals surface area (Å²) in [6.45, 7) is -1.62. The summed E-state index contributed by atoms with van der Waals surface area (Å²) in [4.78, 5) is 4.87. The first-order chi connectivity index (χ1) is 12.1. The van der Waals surface area contributed by atoms with Crippen molar-refractivity contribution in [3.63, 3.8) is 0 Å². The van der Waals surface area contributed by atoms with Crippen molar-refractivity contribution >= 4 is 29.3 Å². The van der Waals surface area contributed by atoms with Gasteiger partial charge in [-0.05, 0) is 0 Å². The molecule has 12 heteroatoms. The summed E-state index contributed by atoms with van der Waals surface area (Å²) >= 11 is 6.05. The molecule has 2 aliphatic rings. The summed E-state index contributed by atoms with van der Waals surface area (Å²) in [5.41, 5.74) is -1.30. The van der Waals surface area contributed by atoms with Crippen LogP contribution in [0.3, 0.4) is 0 Å². The maximum absolute atomic E-state index is 14.2. The van der Waals surface area contributed by atoms with Gasteiger partial charge in [0.05, 0.1) is 11.1 Å². The second-order valence-electron chi connectivity index (χ2n) is 5.45. The Morgan fingerprint density at radius 1 is 1.23 bits per heavy atom. The number of amidine groups is 1. The standard InChI is InChI=1S/C14H10ClF6N5/c1-25-5-23-26-12(22-4-14(19,20)21)10(11(15)24-13(25)26)9-7(17)2-6(16)3-8(9)18/h2-3,5,13,24H,4H2,1H3. The third-order valence-corrected chi connectivity index (χ3v) is 3.85. The van der Waals surface area contributed by atoms with Crippen molar-refractivity contribution in [1.29, 1.82) is 0 Å². The first kappa shape index (κ1) is 18.4. The third kappa shape index (κ3) is 3.30. The number of hydrogen-bond acceptors (Lipinski definition) is 4. The molecule has 0 radical (unpaired) electrons. The molecule has 5 nitrogen and oxygen atoms in total. The summed E-state index contributed by atoms with van der Waals surface area (Å²) in [5.74, 6) is -4.37. The second-order valence-corrected chi connectivity index (χ2v) is 5.83. The number of halogens is 7. The Morgan fingerprint density at radius 2 is 1.85 bits per heavy atom. The van der Waals surface area contributed by atoms with Gasteiger partial charge in [0.25, 0.3) is 0 Å². The van der Waals surface area contributed by atoms with Crippen LogP contribution in [0.4, 0.5) is 26.3 Å². The lowest BCUT2D eigenvalue weighted by Gasteiger charge is -2.35. The number of alkyl halides is 3. The number of fused-ring (bicyclic) bond motifs is 1. The summed E-state index contributed by atoms with van der Waals surface area (Å²) in [7, 11) is 1.55. The molecule has 0 spiro atoms. The largest absolute Gasteiger partial charge is 0.408 e. The minimum Gasteiger partial charge on any atom is -0.337 e. The van der Waals surface area contributed by atoms with Crippen LogP contribution in [0.2, 0.25) is 0 Å². The van der Waals surface area contributed by atoms with Gasteiger partial charge < -0.3 is 10.2 Å². The molecule has 0 fully saturated rings. The molecule has 1 N–H and O–H groups in total. The maximum Gasteiger partial charge on any atom is 0.408 e. The van der Waals surface area contributed by atoms with E-state index < -0.39 is 53.4 Å². The minimum absolute atomic E-state index is 0.353. The fourth-order valence-corrected chi connectivity index (χ4v) is 2.76. The van der Waals surface area contributed by atoms with E-state index in [2.05, 4.69) is 15.4 Å². The molecule has 1 aromatic rings. The molecule has 3 rings (SSSR count). The molecule has 0 bridgehead atoms. The number of hydrazone groups is 1. The van der Waals surface area contributed by atoms with Crippen LogP contribution in [0.5, 0.6) is 0 Å². The van der Waals surface area contributed by atoms with Crippen molar-refractivity contribution in [3.05, 3.63) is 40.3 Å². The van der Waals surface area contributed by atoms with E-state index in [-0.39, 0.29) is 5.16 Å². The molecule has 0 saturated heterocycles. The van der Waals surface area contributed by atoms with Crippen LogP contribution in [-0.4, -0.2) is 48.1 Å². The van der Waals surface area contributed by atoms with Crippen molar-refractivity contribution in [1.82, 2.24) is 15.2 Å². The second kappa shape index (κ2) is 6.38. The van der Waals surface area contributed by atoms with Crippen LogP contribution < -0.4 is 5.32 Å². The van der Waals surface area contributed by atoms with Crippen molar-refractivity contribution in [2.45, 2.75) is 12.5 Å². The van der Waals surface area contributed by atoms with Crippen molar-refractivity contribution < 1.29 is 26.3 Å². The van der Waals surface area contributed by atoms with Gasteiger partial charge in [-0.15, -0.1) is 0 Å². The SMILES string of the molecule is CN1C=NN2C(=NCC(F)(F)F)C(c3c(F)cc(F)cc3F)=C(Cl)NC12. The molecule has 0 amide bonds. The fraction of sp³-hybridized carbons (Fsp3) is 0.286. The average Bonchev–Trinajstić information content (AvgIpc) is 2.85. The van der Waals surface area contributed by atoms with E-state index in [0.717, 1.165) is 5.01 Å². The van der Waals surface area contributed by atoms with Crippen LogP contribution in [0.1, 0.15) is 5.56 Å². The number of benzene rings is 1. The van der Waals surface area contributed by atoms with E-state index in [1.54, 1.807) is 7.05 Å². The van der Waals surface area contributed by atoms with Gasteiger partial charge in [-0.1, -0.05) is 11.6 Å². The summed E-state index contributed by atoms with van der Waals surface area (Å²) in [5, 5.41) is 7.17. The highest BCUT2D eigenvalue weighted by molar-refractivity contribution is 6.40. The van der Waals surface area contributed by atoms with Crippen LogP contribution >= 0.6 is 11.6 Å². The monoisotopic (exact) mass is 397 g/mol. The quantitative estimate of drug-likeness (QED) is 0.616. The lowest BCUT2D eigenvalue weighted by molar-refractivity contribution is -0.118. The molecule has 1 aromatic carbocycles. The number of hydrogen-bond donors (Lipinski definition) is 1. The van der Waals surface area contributed by atoms with Gasteiger partial charge >= 0.3 is 6.18 Å². The molecule has 1 unspecified atom stereocenters. The highest BCUT2D eigenvalue weighted by Gasteiger charge is 2.40. The van der Waals surface area contributed by atoms with Gasteiger partial charge in [-0.3, -0.25) is 4.99 Å². The summed E-state index contributed by atoms with van der Waals surface area (Å²) < 4.78 is 79.5. The van der Waals surface area contributed by atoms with E-state index in [4.69, 9.17) is 11.6 Å². The molecule has 0 aromatic heterocycles. The Bertz CT molecular complexity index is 811. The fourth-order valence-electron chi connectivity index (χ4n) is 2.49. The van der Waals surface area contributed by atoms with Gasteiger partial charge in [0.2, 0.25) is 6.29 Å². The normalized spacial score (nSPS) is 21.5. The first-order valence-corrected chi connectivity index (χ1v) is 7.44. The molecule has 0 aliphatic carbocycles. The maximum atomic E-state index is 14.2. The molecule has 26 heavy (non-hydrogen) atoms. The van der Waals surface area contributed by atoms with Gasteiger partial charge in [0.15, 0.2) is 5.84 Å². The molecule has 0 saturated carbocycles. The van der Waals surface area contributed by atoms with Crippen molar-refractivity contribution in [2.75, 3.05) is 13.6 Å². The zero-order chi connectivity index (χ0) is 19.2. The lowest BCUT2D eigenvalue weighted by atomic mass is 10.0. The molecular formula is C14H10ClF6N5.